The van der Waals surface area contributed by atoms with Crippen LogP contribution in [0, 0.1) is 0 Å². The van der Waals surface area contributed by atoms with E-state index in [4.69, 9.17) is 11.6 Å². The minimum Gasteiger partial charge on any atom is -0.280 e. The maximum atomic E-state index is 12.3. The SMILES string of the molecule is CSc1ccc(NS(=O)(=O)c2ccc(CCCl)cc2)cc1. The first-order valence-electron chi connectivity index (χ1n) is 6.37. The monoisotopic (exact) mass is 341 g/mol. The van der Waals surface area contributed by atoms with Crippen LogP contribution in [0.3, 0.4) is 0 Å². The van der Waals surface area contributed by atoms with Crippen LogP contribution in [0.25, 0.3) is 0 Å². The molecular formula is C15H16ClNO2S2. The lowest BCUT2D eigenvalue weighted by atomic mass is 10.2. The van der Waals surface area contributed by atoms with Gasteiger partial charge in [0.15, 0.2) is 0 Å². The van der Waals surface area contributed by atoms with Crippen LogP contribution in [0.2, 0.25) is 0 Å². The molecule has 2 aromatic rings. The molecule has 21 heavy (non-hydrogen) atoms. The van der Waals surface area contributed by atoms with Crippen molar-refractivity contribution in [1.82, 2.24) is 0 Å². The lowest BCUT2D eigenvalue weighted by Crippen LogP contribution is -2.12. The van der Waals surface area contributed by atoms with Crippen molar-refractivity contribution in [3.63, 3.8) is 0 Å². The van der Waals surface area contributed by atoms with Gasteiger partial charge in [-0.05, 0) is 54.6 Å². The second-order valence-corrected chi connectivity index (χ2v) is 7.36. The van der Waals surface area contributed by atoms with E-state index < -0.39 is 10.0 Å². The zero-order valence-corrected chi connectivity index (χ0v) is 13.9. The number of aryl methyl sites for hydroxylation is 1. The van der Waals surface area contributed by atoms with Crippen molar-refractivity contribution in [2.75, 3.05) is 16.9 Å². The fourth-order valence-corrected chi connectivity index (χ4v) is 3.50. The third-order valence-electron chi connectivity index (χ3n) is 2.96. The molecule has 0 aliphatic carbocycles. The zero-order chi connectivity index (χ0) is 15.3. The van der Waals surface area contributed by atoms with Gasteiger partial charge in [-0.25, -0.2) is 8.42 Å². The Labute approximate surface area is 134 Å². The van der Waals surface area contributed by atoms with Gasteiger partial charge in [0.1, 0.15) is 0 Å². The van der Waals surface area contributed by atoms with Crippen LogP contribution in [0.1, 0.15) is 5.56 Å². The number of hydrogen-bond acceptors (Lipinski definition) is 3. The Balaban J connectivity index is 2.16. The molecule has 2 aromatic carbocycles. The van der Waals surface area contributed by atoms with E-state index in [0.717, 1.165) is 16.9 Å². The summed E-state index contributed by atoms with van der Waals surface area (Å²) in [5.41, 5.74) is 1.57. The normalized spacial score (nSPS) is 11.3. The average Bonchev–Trinajstić information content (AvgIpc) is 2.48. The molecule has 0 saturated heterocycles. The van der Waals surface area contributed by atoms with Gasteiger partial charge in [-0.2, -0.15) is 0 Å². The van der Waals surface area contributed by atoms with Crippen molar-refractivity contribution in [1.29, 1.82) is 0 Å². The van der Waals surface area contributed by atoms with E-state index in [1.54, 1.807) is 48.2 Å². The third-order valence-corrected chi connectivity index (χ3v) is 5.29. The van der Waals surface area contributed by atoms with Crippen LogP contribution < -0.4 is 4.72 Å². The fourth-order valence-electron chi connectivity index (χ4n) is 1.82. The molecule has 112 valence electrons. The summed E-state index contributed by atoms with van der Waals surface area (Å²) in [7, 11) is -3.55. The molecule has 0 spiro atoms. The van der Waals surface area contributed by atoms with Gasteiger partial charge < -0.3 is 0 Å². The molecule has 0 heterocycles. The van der Waals surface area contributed by atoms with E-state index in [9.17, 15) is 8.42 Å². The Morgan fingerprint density at radius 1 is 1.05 bits per heavy atom. The number of sulfonamides is 1. The molecule has 0 saturated carbocycles. The van der Waals surface area contributed by atoms with Gasteiger partial charge in [-0.15, -0.1) is 23.4 Å². The third kappa shape index (κ3) is 4.40. The quantitative estimate of drug-likeness (QED) is 0.638. The molecule has 0 unspecified atom stereocenters. The van der Waals surface area contributed by atoms with E-state index in [0.29, 0.717) is 11.6 Å². The Hall–Kier alpha value is -1.17. The first kappa shape index (κ1) is 16.2. The highest BCUT2D eigenvalue weighted by Crippen LogP contribution is 2.20. The number of anilines is 1. The first-order chi connectivity index (χ1) is 10.0. The zero-order valence-electron chi connectivity index (χ0n) is 11.5. The van der Waals surface area contributed by atoms with Gasteiger partial charge in [0.05, 0.1) is 4.90 Å². The molecule has 3 nitrogen and oxygen atoms in total. The van der Waals surface area contributed by atoms with Crippen LogP contribution >= 0.6 is 23.4 Å². The molecule has 0 aliphatic heterocycles. The standard InChI is InChI=1S/C15H16ClNO2S2/c1-20-14-6-4-13(5-7-14)17-21(18,19)15-8-2-12(3-9-15)10-11-16/h2-9,17H,10-11H2,1H3. The molecule has 0 aromatic heterocycles. The summed E-state index contributed by atoms with van der Waals surface area (Å²) in [6, 6.07) is 14.0. The molecule has 6 heteroatoms. The summed E-state index contributed by atoms with van der Waals surface area (Å²) in [5, 5.41) is 0. The minimum absolute atomic E-state index is 0.245. The Morgan fingerprint density at radius 3 is 2.19 bits per heavy atom. The lowest BCUT2D eigenvalue weighted by molar-refractivity contribution is 0.601. The predicted molar refractivity (Wildman–Crippen MR) is 89.9 cm³/mol. The molecule has 0 bridgehead atoms. The molecule has 0 radical (unpaired) electrons. The second kappa shape index (κ2) is 7.20. The summed E-state index contributed by atoms with van der Waals surface area (Å²) < 4.78 is 27.1. The van der Waals surface area contributed by atoms with Crippen molar-refractivity contribution < 1.29 is 8.42 Å². The summed E-state index contributed by atoms with van der Waals surface area (Å²) in [4.78, 5) is 1.33. The van der Waals surface area contributed by atoms with E-state index in [-0.39, 0.29) is 4.90 Å². The number of alkyl halides is 1. The van der Waals surface area contributed by atoms with Crippen molar-refractivity contribution >= 4 is 39.1 Å². The summed E-state index contributed by atoms with van der Waals surface area (Å²) >= 11 is 7.28. The minimum atomic E-state index is -3.55. The van der Waals surface area contributed by atoms with Crippen molar-refractivity contribution in [2.24, 2.45) is 0 Å². The van der Waals surface area contributed by atoms with E-state index in [2.05, 4.69) is 4.72 Å². The van der Waals surface area contributed by atoms with Gasteiger partial charge in [0, 0.05) is 16.5 Å². The van der Waals surface area contributed by atoms with Crippen LogP contribution in [-0.4, -0.2) is 20.6 Å². The topological polar surface area (TPSA) is 46.2 Å². The number of benzene rings is 2. The second-order valence-electron chi connectivity index (χ2n) is 4.42. The smallest absolute Gasteiger partial charge is 0.261 e. The van der Waals surface area contributed by atoms with Gasteiger partial charge >= 0.3 is 0 Å². The molecular weight excluding hydrogens is 326 g/mol. The Kier molecular flexibility index (Phi) is 5.56. The lowest BCUT2D eigenvalue weighted by Gasteiger charge is -2.09. The van der Waals surface area contributed by atoms with Crippen molar-refractivity contribution in [2.45, 2.75) is 16.2 Å². The maximum absolute atomic E-state index is 12.3. The molecule has 0 fully saturated rings. The van der Waals surface area contributed by atoms with Gasteiger partial charge in [-0.3, -0.25) is 4.72 Å². The summed E-state index contributed by atoms with van der Waals surface area (Å²) in [6.45, 7) is 0. The molecule has 1 N–H and O–H groups in total. The number of nitrogens with one attached hydrogen (secondary N) is 1. The highest BCUT2D eigenvalue weighted by atomic mass is 35.5. The van der Waals surface area contributed by atoms with Crippen LogP contribution in [0.15, 0.2) is 58.3 Å². The van der Waals surface area contributed by atoms with Gasteiger partial charge in [0.25, 0.3) is 10.0 Å². The number of hydrogen-bond donors (Lipinski definition) is 1. The van der Waals surface area contributed by atoms with Crippen molar-refractivity contribution in [3.05, 3.63) is 54.1 Å². The number of halogens is 1. The first-order valence-corrected chi connectivity index (χ1v) is 9.61. The Bertz CT molecular complexity index is 683. The van der Waals surface area contributed by atoms with Crippen LogP contribution in [-0.2, 0) is 16.4 Å². The summed E-state index contributed by atoms with van der Waals surface area (Å²) in [5.74, 6) is 0.520. The predicted octanol–water partition coefficient (Wildman–Crippen LogP) is 3.99. The van der Waals surface area contributed by atoms with Crippen LogP contribution in [0.4, 0.5) is 5.69 Å². The number of rotatable bonds is 6. The van der Waals surface area contributed by atoms with E-state index in [1.165, 1.54) is 0 Å². The molecule has 0 atom stereocenters. The van der Waals surface area contributed by atoms with Crippen LogP contribution in [0.5, 0.6) is 0 Å². The highest BCUT2D eigenvalue weighted by molar-refractivity contribution is 7.98. The molecule has 0 amide bonds. The Morgan fingerprint density at radius 2 is 1.67 bits per heavy atom. The van der Waals surface area contributed by atoms with E-state index in [1.807, 2.05) is 18.4 Å². The average molecular weight is 342 g/mol. The molecule has 0 aliphatic rings. The highest BCUT2D eigenvalue weighted by Gasteiger charge is 2.13. The maximum Gasteiger partial charge on any atom is 0.261 e. The van der Waals surface area contributed by atoms with E-state index >= 15 is 0 Å². The molecule has 2 rings (SSSR count). The van der Waals surface area contributed by atoms with Gasteiger partial charge in [-0.1, -0.05) is 12.1 Å². The summed E-state index contributed by atoms with van der Waals surface area (Å²) in [6.07, 6.45) is 2.70. The number of thioether (sulfide) groups is 1. The van der Waals surface area contributed by atoms with Crippen molar-refractivity contribution in [3.8, 4) is 0 Å². The fraction of sp³-hybridized carbons (Fsp3) is 0.200. The largest absolute Gasteiger partial charge is 0.280 e. The van der Waals surface area contributed by atoms with Gasteiger partial charge in [0.2, 0.25) is 0 Å².